The summed E-state index contributed by atoms with van der Waals surface area (Å²) in [4.78, 5) is 35.8. The second kappa shape index (κ2) is 10.3. The Kier molecular flexibility index (Phi) is 6.99. The maximum atomic E-state index is 13.6. The first-order valence-electron chi connectivity index (χ1n) is 11.7. The molecule has 35 heavy (non-hydrogen) atoms. The Morgan fingerprint density at radius 1 is 1.14 bits per heavy atom. The molecule has 0 spiro atoms. The molecule has 7 nitrogen and oxygen atoms in total. The molecule has 1 saturated heterocycles. The van der Waals surface area contributed by atoms with E-state index < -0.39 is 0 Å². The first-order valence-corrected chi connectivity index (χ1v) is 13.0. The van der Waals surface area contributed by atoms with Gasteiger partial charge in [0.15, 0.2) is 0 Å². The van der Waals surface area contributed by atoms with Crippen molar-refractivity contribution in [3.8, 4) is 0 Å². The van der Waals surface area contributed by atoms with Gasteiger partial charge in [0.05, 0.1) is 10.5 Å². The highest BCUT2D eigenvalue weighted by Crippen LogP contribution is 2.34. The number of carbonyl (C=O) groups excluding carboxylic acids is 1. The lowest BCUT2D eigenvalue weighted by atomic mass is 9.99. The van der Waals surface area contributed by atoms with E-state index in [1.165, 1.54) is 27.3 Å². The lowest BCUT2D eigenvalue weighted by Gasteiger charge is -2.30. The van der Waals surface area contributed by atoms with Crippen LogP contribution in [-0.2, 0) is 22.5 Å². The zero-order chi connectivity index (χ0) is 24.4. The summed E-state index contributed by atoms with van der Waals surface area (Å²) < 4.78 is 7.41. The van der Waals surface area contributed by atoms with Crippen LogP contribution in [0.25, 0.3) is 11.7 Å². The highest BCUT2D eigenvalue weighted by Gasteiger charge is 2.33. The molecular weight excluding hydrogens is 480 g/mol. The Morgan fingerprint density at radius 2 is 1.94 bits per heavy atom. The largest absolute Gasteiger partial charge is 0.382 e. The third-order valence-electron chi connectivity index (χ3n) is 6.20. The van der Waals surface area contributed by atoms with E-state index in [2.05, 4.69) is 23.1 Å². The number of thioether (sulfide) groups is 1. The topological polar surface area (TPSA) is 67.2 Å². The molecule has 2 aliphatic rings. The molecule has 3 aromatic rings. The number of benzene rings is 1. The third-order valence-corrected chi connectivity index (χ3v) is 7.58. The average Bonchev–Trinajstić information content (AvgIpc) is 3.15. The van der Waals surface area contributed by atoms with E-state index in [0.29, 0.717) is 59.0 Å². The number of fused-ring (bicyclic) bond motifs is 2. The Bertz CT molecular complexity index is 1380. The van der Waals surface area contributed by atoms with Crippen molar-refractivity contribution >= 4 is 51.7 Å². The van der Waals surface area contributed by atoms with E-state index in [-0.39, 0.29) is 11.5 Å². The highest BCUT2D eigenvalue weighted by atomic mass is 32.2. The number of aromatic nitrogens is 2. The van der Waals surface area contributed by atoms with E-state index in [1.807, 2.05) is 25.1 Å². The lowest BCUT2D eigenvalue weighted by Crippen LogP contribution is -2.34. The summed E-state index contributed by atoms with van der Waals surface area (Å²) in [5.41, 5.74) is 3.32. The van der Waals surface area contributed by atoms with Crippen molar-refractivity contribution in [2.45, 2.75) is 26.3 Å². The number of hydrogen-bond donors (Lipinski definition) is 0. The second-order valence-corrected chi connectivity index (χ2v) is 10.1. The van der Waals surface area contributed by atoms with Crippen LogP contribution in [0.2, 0.25) is 0 Å². The van der Waals surface area contributed by atoms with Gasteiger partial charge in [-0.05, 0) is 49.1 Å². The molecular formula is C26H26N4O3S2. The summed E-state index contributed by atoms with van der Waals surface area (Å²) in [6.45, 7) is 5.05. The van der Waals surface area contributed by atoms with Gasteiger partial charge < -0.3 is 9.64 Å². The molecule has 1 amide bonds. The summed E-state index contributed by atoms with van der Waals surface area (Å²) >= 11 is 6.71. The third kappa shape index (κ3) is 4.76. The first kappa shape index (κ1) is 23.7. The Hall–Kier alpha value is -3.01. The molecule has 2 aromatic heterocycles. The first-order chi connectivity index (χ1) is 17.1. The van der Waals surface area contributed by atoms with Crippen LogP contribution in [0, 0.1) is 0 Å². The number of ether oxygens (including phenoxy) is 1. The molecule has 0 saturated carbocycles. The quantitative estimate of drug-likeness (QED) is 0.274. The molecule has 1 fully saturated rings. The molecule has 9 heteroatoms. The van der Waals surface area contributed by atoms with Crippen molar-refractivity contribution in [2.75, 3.05) is 31.2 Å². The van der Waals surface area contributed by atoms with E-state index in [9.17, 15) is 9.59 Å². The minimum absolute atomic E-state index is 0.177. The average molecular weight is 507 g/mol. The standard InChI is InChI=1S/C26H26N4O3S2/c1-2-33-15-7-13-30-25(32)21(35-26(30)34)16-20-23(27-22-10-5-6-12-29(22)24(20)31)28-14-11-18-8-3-4-9-19(18)17-28/h3-6,8-10,12,16H,2,7,11,13-15,17H2,1H3/b21-16-. The maximum Gasteiger partial charge on any atom is 0.267 e. The molecule has 0 N–H and O–H groups in total. The van der Waals surface area contributed by atoms with E-state index >= 15 is 0 Å². The number of rotatable bonds is 7. The number of nitrogens with zero attached hydrogens (tertiary/aromatic N) is 4. The van der Waals surface area contributed by atoms with Crippen molar-refractivity contribution in [3.05, 3.63) is 80.6 Å². The van der Waals surface area contributed by atoms with Crippen molar-refractivity contribution in [3.63, 3.8) is 0 Å². The number of amides is 1. The Labute approximate surface area is 213 Å². The van der Waals surface area contributed by atoms with Crippen LogP contribution in [0.3, 0.4) is 0 Å². The summed E-state index contributed by atoms with van der Waals surface area (Å²) in [5.74, 6) is 0.418. The molecule has 0 atom stereocenters. The molecule has 1 aromatic carbocycles. The SMILES string of the molecule is CCOCCCN1C(=O)/C(=C/c2c(N3CCc4ccccc4C3)nc3ccccn3c2=O)SC1=S. The molecule has 0 bridgehead atoms. The fourth-order valence-electron chi connectivity index (χ4n) is 4.43. The fourth-order valence-corrected chi connectivity index (χ4v) is 5.72. The van der Waals surface area contributed by atoms with Crippen molar-refractivity contribution in [2.24, 2.45) is 0 Å². The number of hydrogen-bond acceptors (Lipinski definition) is 7. The zero-order valence-electron chi connectivity index (χ0n) is 19.5. The van der Waals surface area contributed by atoms with Crippen molar-refractivity contribution in [1.82, 2.24) is 14.3 Å². The molecule has 180 valence electrons. The van der Waals surface area contributed by atoms with Gasteiger partial charge >= 0.3 is 0 Å². The normalized spacial score (nSPS) is 17.0. The van der Waals surface area contributed by atoms with Crippen LogP contribution in [-0.4, -0.2) is 50.8 Å². The van der Waals surface area contributed by atoms with E-state index in [1.54, 1.807) is 23.2 Å². The van der Waals surface area contributed by atoms with E-state index in [0.717, 1.165) is 13.0 Å². The molecule has 5 rings (SSSR count). The molecule has 0 radical (unpaired) electrons. The van der Waals surface area contributed by atoms with Crippen LogP contribution in [0.5, 0.6) is 0 Å². The number of anilines is 1. The predicted molar refractivity (Wildman–Crippen MR) is 144 cm³/mol. The van der Waals surface area contributed by atoms with Gasteiger partial charge in [0.1, 0.15) is 15.8 Å². The van der Waals surface area contributed by atoms with Crippen LogP contribution >= 0.6 is 24.0 Å². The summed E-state index contributed by atoms with van der Waals surface area (Å²) in [7, 11) is 0. The van der Waals surface area contributed by atoms with Gasteiger partial charge in [-0.15, -0.1) is 0 Å². The molecule has 4 heterocycles. The minimum atomic E-state index is -0.203. The lowest BCUT2D eigenvalue weighted by molar-refractivity contribution is -0.122. The van der Waals surface area contributed by atoms with Crippen molar-refractivity contribution in [1.29, 1.82) is 0 Å². The van der Waals surface area contributed by atoms with Gasteiger partial charge in [0.2, 0.25) is 0 Å². The van der Waals surface area contributed by atoms with Crippen LogP contribution in [0.4, 0.5) is 5.82 Å². The van der Waals surface area contributed by atoms with Gasteiger partial charge in [-0.25, -0.2) is 4.98 Å². The predicted octanol–water partition coefficient (Wildman–Crippen LogP) is 3.89. The summed E-state index contributed by atoms with van der Waals surface area (Å²) in [6.07, 6.45) is 4.95. The number of pyridine rings is 1. The van der Waals surface area contributed by atoms with Crippen molar-refractivity contribution < 1.29 is 9.53 Å². The fraction of sp³-hybridized carbons (Fsp3) is 0.308. The smallest absolute Gasteiger partial charge is 0.267 e. The summed E-state index contributed by atoms with van der Waals surface area (Å²) in [5, 5.41) is 0. The maximum absolute atomic E-state index is 13.6. The molecule has 2 aliphatic heterocycles. The van der Waals surface area contributed by atoms with E-state index in [4.69, 9.17) is 21.9 Å². The Balaban J connectivity index is 1.53. The van der Waals surface area contributed by atoms with Gasteiger partial charge in [0.25, 0.3) is 11.5 Å². The van der Waals surface area contributed by atoms with Crippen LogP contribution < -0.4 is 10.5 Å². The monoisotopic (exact) mass is 506 g/mol. The summed E-state index contributed by atoms with van der Waals surface area (Å²) in [6, 6.07) is 13.8. The molecule has 0 unspecified atom stereocenters. The number of carbonyl (C=O) groups is 1. The van der Waals surface area contributed by atoms with Gasteiger partial charge in [-0.2, -0.15) is 0 Å². The van der Waals surface area contributed by atoms with Crippen LogP contribution in [0.15, 0.2) is 58.4 Å². The molecule has 0 aliphatic carbocycles. The minimum Gasteiger partial charge on any atom is -0.382 e. The zero-order valence-corrected chi connectivity index (χ0v) is 21.1. The van der Waals surface area contributed by atoms with Gasteiger partial charge in [-0.3, -0.25) is 18.9 Å². The van der Waals surface area contributed by atoms with Gasteiger partial charge in [0, 0.05) is 39.0 Å². The highest BCUT2D eigenvalue weighted by molar-refractivity contribution is 8.26. The van der Waals surface area contributed by atoms with Crippen LogP contribution in [0.1, 0.15) is 30.0 Å². The Morgan fingerprint density at radius 3 is 2.77 bits per heavy atom. The second-order valence-electron chi connectivity index (χ2n) is 8.41. The number of thiocarbonyl (C=S) groups is 1. The van der Waals surface area contributed by atoms with Gasteiger partial charge in [-0.1, -0.05) is 54.3 Å².